The molecule has 6 heteroatoms. The zero-order valence-corrected chi connectivity index (χ0v) is 13.6. The quantitative estimate of drug-likeness (QED) is 0.692. The minimum atomic E-state index is -0.447. The second kappa shape index (κ2) is 5.06. The number of amides is 1. The lowest BCUT2D eigenvalue weighted by Gasteiger charge is -2.23. The van der Waals surface area contributed by atoms with Gasteiger partial charge < -0.3 is 10.3 Å². The molecule has 0 saturated carbocycles. The molecule has 0 saturated heterocycles. The van der Waals surface area contributed by atoms with Gasteiger partial charge in [0.2, 0.25) is 5.91 Å². The van der Waals surface area contributed by atoms with Gasteiger partial charge in [0.05, 0.1) is 11.1 Å². The fourth-order valence-electron chi connectivity index (χ4n) is 3.63. The predicted octanol–water partition coefficient (Wildman–Crippen LogP) is 2.93. The van der Waals surface area contributed by atoms with Gasteiger partial charge in [-0.25, -0.2) is 5.10 Å². The molecule has 2 aromatic heterocycles. The highest BCUT2D eigenvalue weighted by molar-refractivity contribution is 6.08. The highest BCUT2D eigenvalue weighted by Gasteiger charge is 2.44. The fourth-order valence-corrected chi connectivity index (χ4v) is 3.63. The number of aromatic amines is 2. The number of aromatic nitrogens is 3. The first kappa shape index (κ1) is 14.7. The van der Waals surface area contributed by atoms with E-state index in [-0.39, 0.29) is 11.5 Å². The Hall–Kier alpha value is -2.89. The standard InChI is InChI=1S/C18H18N4O2/c1-3-18(4-2)11-7-10-8-15(12-5-6-16(23)22-21-12)19-13(10)9-14(11)20-17(18)24/h5-9,19H,3-4H2,1-2H3,(H,20,24)(H,22,23). The normalized spacial score (nSPS) is 15.5. The lowest BCUT2D eigenvalue weighted by atomic mass is 9.77. The summed E-state index contributed by atoms with van der Waals surface area (Å²) >= 11 is 0. The minimum Gasteiger partial charge on any atom is -0.353 e. The monoisotopic (exact) mass is 322 g/mol. The molecule has 3 aromatic rings. The Kier molecular flexibility index (Phi) is 3.09. The number of carbonyl (C=O) groups excluding carboxylic acids is 1. The first-order valence-corrected chi connectivity index (χ1v) is 8.12. The van der Waals surface area contributed by atoms with E-state index in [1.165, 1.54) is 6.07 Å². The molecule has 24 heavy (non-hydrogen) atoms. The summed E-state index contributed by atoms with van der Waals surface area (Å²) in [5.41, 5.74) is 3.69. The summed E-state index contributed by atoms with van der Waals surface area (Å²) in [6, 6.07) is 9.19. The van der Waals surface area contributed by atoms with Crippen molar-refractivity contribution in [1.82, 2.24) is 15.2 Å². The molecule has 6 nitrogen and oxygen atoms in total. The molecule has 1 aromatic carbocycles. The summed E-state index contributed by atoms with van der Waals surface area (Å²) in [7, 11) is 0. The van der Waals surface area contributed by atoms with Crippen molar-refractivity contribution in [3.8, 4) is 11.4 Å². The van der Waals surface area contributed by atoms with Crippen molar-refractivity contribution in [2.75, 3.05) is 5.32 Å². The maximum absolute atomic E-state index is 12.5. The largest absolute Gasteiger partial charge is 0.353 e. The van der Waals surface area contributed by atoms with Crippen LogP contribution in [0.4, 0.5) is 5.69 Å². The zero-order valence-electron chi connectivity index (χ0n) is 13.6. The van der Waals surface area contributed by atoms with Gasteiger partial charge in [0.15, 0.2) is 0 Å². The summed E-state index contributed by atoms with van der Waals surface area (Å²) in [6.07, 6.45) is 1.54. The number of carbonyl (C=O) groups is 1. The van der Waals surface area contributed by atoms with Crippen molar-refractivity contribution >= 4 is 22.5 Å². The number of hydrogen-bond acceptors (Lipinski definition) is 3. The Morgan fingerprint density at radius 2 is 1.88 bits per heavy atom. The highest BCUT2D eigenvalue weighted by atomic mass is 16.2. The molecule has 3 heterocycles. The number of fused-ring (bicyclic) bond motifs is 2. The van der Waals surface area contributed by atoms with Crippen LogP contribution in [0.2, 0.25) is 0 Å². The Labute approximate surface area is 138 Å². The van der Waals surface area contributed by atoms with E-state index in [9.17, 15) is 9.59 Å². The van der Waals surface area contributed by atoms with Gasteiger partial charge in [0.25, 0.3) is 5.56 Å². The van der Waals surface area contributed by atoms with Crippen LogP contribution in [-0.4, -0.2) is 21.1 Å². The molecule has 0 atom stereocenters. The molecule has 4 rings (SSSR count). The van der Waals surface area contributed by atoms with Gasteiger partial charge in [-0.3, -0.25) is 9.59 Å². The van der Waals surface area contributed by atoms with Crippen molar-refractivity contribution in [1.29, 1.82) is 0 Å². The van der Waals surface area contributed by atoms with E-state index in [4.69, 9.17) is 0 Å². The van der Waals surface area contributed by atoms with Crippen LogP contribution >= 0.6 is 0 Å². The van der Waals surface area contributed by atoms with E-state index in [1.807, 2.05) is 12.1 Å². The molecule has 0 radical (unpaired) electrons. The summed E-state index contributed by atoms with van der Waals surface area (Å²) in [4.78, 5) is 26.9. The van der Waals surface area contributed by atoms with Gasteiger partial charge in [-0.05, 0) is 42.7 Å². The van der Waals surface area contributed by atoms with E-state index in [1.54, 1.807) is 6.07 Å². The van der Waals surface area contributed by atoms with Gasteiger partial charge >= 0.3 is 0 Å². The van der Waals surface area contributed by atoms with Gasteiger partial charge in [0.1, 0.15) is 5.69 Å². The first-order chi connectivity index (χ1) is 11.6. The number of nitrogens with one attached hydrogen (secondary N) is 3. The molecule has 0 bridgehead atoms. The number of rotatable bonds is 3. The van der Waals surface area contributed by atoms with Crippen molar-refractivity contribution in [3.05, 3.63) is 46.2 Å². The van der Waals surface area contributed by atoms with Crippen molar-refractivity contribution in [2.45, 2.75) is 32.1 Å². The molecule has 0 spiro atoms. The van der Waals surface area contributed by atoms with Crippen LogP contribution in [0, 0.1) is 0 Å². The molecule has 1 amide bonds. The van der Waals surface area contributed by atoms with Crippen LogP contribution in [0.3, 0.4) is 0 Å². The van der Waals surface area contributed by atoms with Gasteiger partial charge in [0, 0.05) is 22.7 Å². The van der Waals surface area contributed by atoms with Gasteiger partial charge in [-0.1, -0.05) is 13.8 Å². The number of nitrogens with zero attached hydrogens (tertiary/aromatic N) is 1. The molecule has 122 valence electrons. The van der Waals surface area contributed by atoms with Crippen LogP contribution in [-0.2, 0) is 10.2 Å². The molecule has 0 unspecified atom stereocenters. The van der Waals surface area contributed by atoms with E-state index in [0.29, 0.717) is 5.69 Å². The van der Waals surface area contributed by atoms with Crippen LogP contribution in [0.25, 0.3) is 22.3 Å². The third-order valence-electron chi connectivity index (χ3n) is 5.12. The van der Waals surface area contributed by atoms with Gasteiger partial charge in [-0.15, -0.1) is 0 Å². The van der Waals surface area contributed by atoms with Crippen LogP contribution < -0.4 is 10.9 Å². The van der Waals surface area contributed by atoms with Crippen molar-refractivity contribution < 1.29 is 4.79 Å². The molecule has 0 aliphatic carbocycles. The molecular formula is C18H18N4O2. The van der Waals surface area contributed by atoms with Crippen molar-refractivity contribution in [3.63, 3.8) is 0 Å². The molecule has 1 aliphatic heterocycles. The summed E-state index contributed by atoms with van der Waals surface area (Å²) in [5, 5.41) is 10.5. The van der Waals surface area contributed by atoms with E-state index in [0.717, 1.165) is 40.7 Å². The van der Waals surface area contributed by atoms with E-state index < -0.39 is 5.41 Å². The number of H-pyrrole nitrogens is 2. The number of hydrogen-bond donors (Lipinski definition) is 3. The van der Waals surface area contributed by atoms with Crippen LogP contribution in [0.1, 0.15) is 32.3 Å². The third kappa shape index (κ3) is 1.92. The number of anilines is 1. The molecule has 0 fully saturated rings. The van der Waals surface area contributed by atoms with Crippen LogP contribution in [0.5, 0.6) is 0 Å². The SMILES string of the molecule is CCC1(CC)C(=O)Nc2cc3[nH]c(-c4ccc(=O)[nH]n4)cc3cc21. The molecule has 3 N–H and O–H groups in total. The molecule has 1 aliphatic rings. The lowest BCUT2D eigenvalue weighted by molar-refractivity contribution is -0.121. The smallest absolute Gasteiger partial charge is 0.264 e. The van der Waals surface area contributed by atoms with Crippen molar-refractivity contribution in [2.24, 2.45) is 0 Å². The number of benzene rings is 1. The maximum Gasteiger partial charge on any atom is 0.264 e. The first-order valence-electron chi connectivity index (χ1n) is 8.12. The Morgan fingerprint density at radius 1 is 1.08 bits per heavy atom. The second-order valence-electron chi connectivity index (χ2n) is 6.22. The lowest BCUT2D eigenvalue weighted by Crippen LogP contribution is -2.32. The Morgan fingerprint density at radius 3 is 2.54 bits per heavy atom. The third-order valence-corrected chi connectivity index (χ3v) is 5.12. The fraction of sp³-hybridized carbons (Fsp3) is 0.278. The van der Waals surface area contributed by atoms with E-state index >= 15 is 0 Å². The Balaban J connectivity index is 1.88. The molecular weight excluding hydrogens is 304 g/mol. The topological polar surface area (TPSA) is 90.6 Å². The highest BCUT2D eigenvalue weighted by Crippen LogP contribution is 2.44. The van der Waals surface area contributed by atoms with Crippen LogP contribution in [0.15, 0.2) is 35.1 Å². The van der Waals surface area contributed by atoms with E-state index in [2.05, 4.69) is 40.4 Å². The Bertz CT molecular complexity index is 991. The average molecular weight is 322 g/mol. The minimum absolute atomic E-state index is 0.0812. The zero-order chi connectivity index (χ0) is 16.9. The summed E-state index contributed by atoms with van der Waals surface area (Å²) < 4.78 is 0. The summed E-state index contributed by atoms with van der Waals surface area (Å²) in [5.74, 6) is 0.0812. The second-order valence-corrected chi connectivity index (χ2v) is 6.22. The van der Waals surface area contributed by atoms with Gasteiger partial charge in [-0.2, -0.15) is 5.10 Å². The average Bonchev–Trinajstić information content (AvgIpc) is 3.11. The predicted molar refractivity (Wildman–Crippen MR) is 93.0 cm³/mol. The summed E-state index contributed by atoms with van der Waals surface area (Å²) in [6.45, 7) is 4.10. The maximum atomic E-state index is 12.5.